The molecule has 1 atom stereocenters. The summed E-state index contributed by atoms with van der Waals surface area (Å²) in [6.07, 6.45) is -1.48. The van der Waals surface area contributed by atoms with Crippen molar-refractivity contribution >= 4 is 28.6 Å². The second kappa shape index (κ2) is 4.96. The molecule has 0 aliphatic carbocycles. The lowest BCUT2D eigenvalue weighted by molar-refractivity contribution is -0.139. The van der Waals surface area contributed by atoms with Gasteiger partial charge in [-0.2, -0.15) is 0 Å². The van der Waals surface area contributed by atoms with Crippen LogP contribution in [0.3, 0.4) is 0 Å². The molecule has 2 N–H and O–H groups in total. The highest BCUT2D eigenvalue weighted by molar-refractivity contribution is 6.31. The van der Waals surface area contributed by atoms with Crippen molar-refractivity contribution in [3.8, 4) is 0 Å². The quantitative estimate of drug-likeness (QED) is 0.891. The SMILES string of the molecule is CCn1c(C(O)CC(=O)O)nc2cc(Cl)ccc21. The summed E-state index contributed by atoms with van der Waals surface area (Å²) in [5.74, 6) is -0.701. The number of fused-ring (bicyclic) bond motifs is 1. The zero-order valence-corrected chi connectivity index (χ0v) is 10.6. The number of aliphatic hydroxyl groups is 1. The number of rotatable bonds is 4. The lowest BCUT2D eigenvalue weighted by Gasteiger charge is -2.10. The van der Waals surface area contributed by atoms with Gasteiger partial charge in [0.15, 0.2) is 0 Å². The number of carboxylic acids is 1. The van der Waals surface area contributed by atoms with Crippen LogP contribution >= 0.6 is 11.6 Å². The standard InChI is InChI=1S/C12H13ClN2O3/c1-2-15-9-4-3-7(13)5-8(9)14-12(15)10(16)6-11(17)18/h3-5,10,16H,2,6H2,1H3,(H,17,18). The van der Waals surface area contributed by atoms with Crippen molar-refractivity contribution in [3.05, 3.63) is 29.0 Å². The van der Waals surface area contributed by atoms with Gasteiger partial charge in [-0.15, -0.1) is 0 Å². The van der Waals surface area contributed by atoms with Crippen LogP contribution in [0.2, 0.25) is 5.02 Å². The van der Waals surface area contributed by atoms with Crippen molar-refractivity contribution in [1.82, 2.24) is 9.55 Å². The molecule has 0 saturated heterocycles. The maximum absolute atomic E-state index is 10.6. The molecule has 1 unspecified atom stereocenters. The van der Waals surface area contributed by atoms with Gasteiger partial charge >= 0.3 is 5.97 Å². The van der Waals surface area contributed by atoms with E-state index in [0.29, 0.717) is 22.9 Å². The monoisotopic (exact) mass is 268 g/mol. The largest absolute Gasteiger partial charge is 0.481 e. The lowest BCUT2D eigenvalue weighted by Crippen LogP contribution is -2.11. The minimum atomic E-state index is -1.12. The fourth-order valence-corrected chi connectivity index (χ4v) is 2.13. The van der Waals surface area contributed by atoms with Gasteiger partial charge in [-0.3, -0.25) is 4.79 Å². The molecule has 0 aliphatic rings. The summed E-state index contributed by atoms with van der Waals surface area (Å²) in [5.41, 5.74) is 1.49. The highest BCUT2D eigenvalue weighted by atomic mass is 35.5. The zero-order valence-electron chi connectivity index (χ0n) is 9.80. The van der Waals surface area contributed by atoms with E-state index in [1.807, 2.05) is 13.0 Å². The molecule has 96 valence electrons. The number of carboxylic acid groups (broad SMARTS) is 1. The molecule has 0 spiro atoms. The van der Waals surface area contributed by atoms with E-state index in [1.54, 1.807) is 16.7 Å². The maximum Gasteiger partial charge on any atom is 0.306 e. The molecular weight excluding hydrogens is 256 g/mol. The number of aromatic nitrogens is 2. The van der Waals surface area contributed by atoms with Gasteiger partial charge in [0, 0.05) is 11.6 Å². The third-order valence-electron chi connectivity index (χ3n) is 2.72. The summed E-state index contributed by atoms with van der Waals surface area (Å²) in [5, 5.41) is 19.1. The van der Waals surface area contributed by atoms with Crippen molar-refractivity contribution in [2.24, 2.45) is 0 Å². The number of aliphatic hydroxyl groups excluding tert-OH is 1. The molecule has 0 saturated carbocycles. The average Bonchev–Trinajstić information content (AvgIpc) is 2.65. The molecule has 2 aromatic rings. The number of imidazole rings is 1. The molecule has 0 amide bonds. The Balaban J connectivity index is 2.52. The Labute approximate surface area is 109 Å². The van der Waals surface area contributed by atoms with E-state index >= 15 is 0 Å². The van der Waals surface area contributed by atoms with Gasteiger partial charge < -0.3 is 14.8 Å². The Morgan fingerprint density at radius 3 is 2.89 bits per heavy atom. The van der Waals surface area contributed by atoms with Gasteiger partial charge in [-0.25, -0.2) is 4.98 Å². The van der Waals surface area contributed by atoms with E-state index in [-0.39, 0.29) is 6.42 Å². The number of hydrogen-bond donors (Lipinski definition) is 2. The van der Waals surface area contributed by atoms with Crippen molar-refractivity contribution in [2.45, 2.75) is 26.0 Å². The number of hydrogen-bond acceptors (Lipinski definition) is 3. The van der Waals surface area contributed by atoms with Crippen LogP contribution in [0.15, 0.2) is 18.2 Å². The van der Waals surface area contributed by atoms with Crippen LogP contribution in [0.25, 0.3) is 11.0 Å². The second-order valence-corrected chi connectivity index (χ2v) is 4.40. The van der Waals surface area contributed by atoms with Crippen LogP contribution in [0.4, 0.5) is 0 Å². The highest BCUT2D eigenvalue weighted by Crippen LogP contribution is 2.25. The first-order chi connectivity index (χ1) is 8.52. The summed E-state index contributed by atoms with van der Waals surface area (Å²) < 4.78 is 1.79. The normalized spacial score (nSPS) is 12.8. The number of carbonyl (C=O) groups is 1. The summed E-state index contributed by atoms with van der Waals surface area (Å²) in [7, 11) is 0. The fourth-order valence-electron chi connectivity index (χ4n) is 1.96. The minimum absolute atomic E-state index is 0.358. The van der Waals surface area contributed by atoms with Crippen LogP contribution in [0, 0.1) is 0 Å². The zero-order chi connectivity index (χ0) is 13.3. The third-order valence-corrected chi connectivity index (χ3v) is 2.96. The number of aliphatic carboxylic acids is 1. The molecule has 0 radical (unpaired) electrons. The number of benzene rings is 1. The number of aryl methyl sites for hydroxylation is 1. The highest BCUT2D eigenvalue weighted by Gasteiger charge is 2.19. The molecule has 0 fully saturated rings. The molecule has 2 rings (SSSR count). The van der Waals surface area contributed by atoms with Crippen molar-refractivity contribution < 1.29 is 15.0 Å². The Kier molecular flexibility index (Phi) is 3.54. The third kappa shape index (κ3) is 2.32. The van der Waals surface area contributed by atoms with E-state index in [0.717, 1.165) is 5.52 Å². The summed E-state index contributed by atoms with van der Waals surface area (Å²) in [4.78, 5) is 14.9. The van der Waals surface area contributed by atoms with Gasteiger partial charge in [-0.05, 0) is 25.1 Å². The molecule has 5 nitrogen and oxygen atoms in total. The molecule has 1 aromatic heterocycles. The first-order valence-electron chi connectivity index (χ1n) is 5.58. The fraction of sp³-hybridized carbons (Fsp3) is 0.333. The van der Waals surface area contributed by atoms with Crippen molar-refractivity contribution in [3.63, 3.8) is 0 Å². The smallest absolute Gasteiger partial charge is 0.306 e. The van der Waals surface area contributed by atoms with Gasteiger partial charge in [0.05, 0.1) is 17.5 Å². The molecular formula is C12H13ClN2O3. The molecule has 0 bridgehead atoms. The van der Waals surface area contributed by atoms with Gasteiger partial charge in [0.1, 0.15) is 11.9 Å². The van der Waals surface area contributed by atoms with E-state index in [2.05, 4.69) is 4.98 Å². The van der Waals surface area contributed by atoms with Crippen molar-refractivity contribution in [2.75, 3.05) is 0 Å². The van der Waals surface area contributed by atoms with Gasteiger partial charge in [0.2, 0.25) is 0 Å². The molecule has 6 heteroatoms. The van der Waals surface area contributed by atoms with Gasteiger partial charge in [-0.1, -0.05) is 11.6 Å². The predicted octanol–water partition coefficient (Wildman–Crippen LogP) is 2.22. The lowest BCUT2D eigenvalue weighted by atomic mass is 10.2. The number of halogens is 1. The molecule has 1 heterocycles. The van der Waals surface area contributed by atoms with Gasteiger partial charge in [0.25, 0.3) is 0 Å². The maximum atomic E-state index is 10.6. The van der Waals surface area contributed by atoms with Crippen LogP contribution < -0.4 is 0 Å². The minimum Gasteiger partial charge on any atom is -0.481 e. The first kappa shape index (κ1) is 12.9. The van der Waals surface area contributed by atoms with E-state index in [4.69, 9.17) is 16.7 Å². The average molecular weight is 269 g/mol. The van der Waals surface area contributed by atoms with Crippen LogP contribution in [-0.2, 0) is 11.3 Å². The Hall–Kier alpha value is -1.59. The van der Waals surface area contributed by atoms with Crippen molar-refractivity contribution in [1.29, 1.82) is 0 Å². The topological polar surface area (TPSA) is 75.4 Å². The Bertz CT molecular complexity index is 594. The summed E-state index contributed by atoms with van der Waals surface area (Å²) in [6.45, 7) is 2.51. The predicted molar refractivity (Wildman–Crippen MR) is 67.6 cm³/mol. The van der Waals surface area contributed by atoms with Crippen LogP contribution in [0.1, 0.15) is 25.3 Å². The van der Waals surface area contributed by atoms with Crippen LogP contribution in [-0.4, -0.2) is 25.7 Å². The second-order valence-electron chi connectivity index (χ2n) is 3.96. The van der Waals surface area contributed by atoms with E-state index in [9.17, 15) is 9.90 Å². The number of nitrogens with zero attached hydrogens (tertiary/aromatic N) is 2. The van der Waals surface area contributed by atoms with Crippen LogP contribution in [0.5, 0.6) is 0 Å². The summed E-state index contributed by atoms with van der Waals surface area (Å²) in [6, 6.07) is 5.25. The molecule has 1 aromatic carbocycles. The summed E-state index contributed by atoms with van der Waals surface area (Å²) >= 11 is 5.88. The first-order valence-corrected chi connectivity index (χ1v) is 5.96. The Morgan fingerprint density at radius 2 is 2.28 bits per heavy atom. The molecule has 18 heavy (non-hydrogen) atoms. The molecule has 0 aliphatic heterocycles. The van der Waals surface area contributed by atoms with E-state index < -0.39 is 12.1 Å². The Morgan fingerprint density at radius 1 is 1.56 bits per heavy atom. The van der Waals surface area contributed by atoms with E-state index in [1.165, 1.54) is 0 Å².